The van der Waals surface area contributed by atoms with E-state index in [4.69, 9.17) is 12.2 Å². The van der Waals surface area contributed by atoms with E-state index in [0.29, 0.717) is 10.8 Å². The van der Waals surface area contributed by atoms with Gasteiger partial charge in [-0.05, 0) is 29.2 Å². The molecule has 0 radical (unpaired) electrons. The molecule has 4 rings (SSSR count). The van der Waals surface area contributed by atoms with Gasteiger partial charge in [-0.2, -0.15) is 0 Å². The number of hydrogen-bond acceptors (Lipinski definition) is 4. The highest BCUT2D eigenvalue weighted by Gasteiger charge is 2.31. The first kappa shape index (κ1) is 20.1. The fraction of sp³-hybridized carbons (Fsp3) is 0.348. The third-order valence-corrected chi connectivity index (χ3v) is 7.47. The predicted octanol–water partition coefficient (Wildman–Crippen LogP) is 3.82. The van der Waals surface area contributed by atoms with Crippen molar-refractivity contribution in [2.45, 2.75) is 30.9 Å². The molecule has 0 saturated carbocycles. The van der Waals surface area contributed by atoms with Crippen molar-refractivity contribution >= 4 is 32.7 Å². The summed E-state index contributed by atoms with van der Waals surface area (Å²) in [6.07, 6.45) is 0.754. The molecule has 1 heterocycles. The van der Waals surface area contributed by atoms with E-state index in [-0.39, 0.29) is 5.75 Å². The van der Waals surface area contributed by atoms with E-state index in [1.54, 1.807) is 6.07 Å². The van der Waals surface area contributed by atoms with Crippen LogP contribution in [0.5, 0.6) is 0 Å². The Morgan fingerprint density at radius 3 is 2.62 bits per heavy atom. The van der Waals surface area contributed by atoms with Crippen LogP contribution in [-0.2, 0) is 22.0 Å². The van der Waals surface area contributed by atoms with Gasteiger partial charge in [-0.25, -0.2) is 8.42 Å². The summed E-state index contributed by atoms with van der Waals surface area (Å²) in [6.45, 7) is 6.99. The lowest BCUT2D eigenvalue weighted by Crippen LogP contribution is -2.31. The fourth-order valence-corrected chi connectivity index (χ4v) is 5.77. The normalized spacial score (nSPS) is 16.5. The average molecular weight is 427 g/mol. The van der Waals surface area contributed by atoms with Crippen LogP contribution < -0.4 is 5.32 Å². The maximum absolute atomic E-state index is 13.1. The number of hydrogen-bond donors (Lipinski definition) is 1. The van der Waals surface area contributed by atoms with Crippen molar-refractivity contribution < 1.29 is 8.42 Å². The van der Waals surface area contributed by atoms with E-state index < -0.39 is 9.84 Å². The maximum atomic E-state index is 13.1. The van der Waals surface area contributed by atoms with Crippen molar-refractivity contribution in [3.63, 3.8) is 0 Å². The molecule has 0 spiro atoms. The summed E-state index contributed by atoms with van der Waals surface area (Å²) >= 11 is 5.62. The third-order valence-electron chi connectivity index (χ3n) is 5.39. The van der Waals surface area contributed by atoms with Crippen molar-refractivity contribution in [3.8, 4) is 0 Å². The predicted molar refractivity (Wildman–Crippen MR) is 121 cm³/mol. The van der Waals surface area contributed by atoms with E-state index in [9.17, 15) is 8.42 Å². The molecule has 29 heavy (non-hydrogen) atoms. The summed E-state index contributed by atoms with van der Waals surface area (Å²) < 4.78 is 26.2. The van der Waals surface area contributed by atoms with E-state index in [2.05, 4.69) is 24.1 Å². The number of nitrogens with one attached hydrogen (secondary N) is 1. The fourth-order valence-electron chi connectivity index (χ4n) is 4.13. The molecule has 2 aromatic carbocycles. The summed E-state index contributed by atoms with van der Waals surface area (Å²) in [4.78, 5) is 3.53. The second kappa shape index (κ2) is 7.92. The largest absolute Gasteiger partial charge is 0.374 e. The quantitative estimate of drug-likeness (QED) is 0.737. The van der Waals surface area contributed by atoms with Gasteiger partial charge in [-0.3, -0.25) is 0 Å². The molecule has 2 aliphatic rings. The van der Waals surface area contributed by atoms with Gasteiger partial charge in [-0.1, -0.05) is 62.5 Å². The zero-order valence-electron chi connectivity index (χ0n) is 16.8. The van der Waals surface area contributed by atoms with E-state index in [1.807, 2.05) is 42.5 Å². The van der Waals surface area contributed by atoms with Crippen LogP contribution in [0.15, 0.2) is 59.0 Å². The van der Waals surface area contributed by atoms with Crippen LogP contribution in [0.4, 0.5) is 0 Å². The first-order valence-corrected chi connectivity index (χ1v) is 12.1. The molecule has 1 N–H and O–H groups in total. The number of benzene rings is 2. The number of fused-ring (bicyclic) bond motifs is 2. The molecule has 0 saturated heterocycles. The lowest BCUT2D eigenvalue weighted by molar-refractivity contribution is 0.354. The SMILES string of the molecule is CC(C)CN1CCNC(=S)C2=C1c1cc(S(=O)(=O)Cc3ccccc3)ccc1C2. The van der Waals surface area contributed by atoms with Crippen LogP contribution in [0.25, 0.3) is 5.70 Å². The number of sulfone groups is 1. The molecular formula is C23H26N2O2S2. The summed E-state index contributed by atoms with van der Waals surface area (Å²) in [5.74, 6) is 0.512. The molecule has 4 nitrogen and oxygen atoms in total. The van der Waals surface area contributed by atoms with E-state index in [0.717, 1.165) is 59.0 Å². The number of thiocarbonyl (C=S) groups is 1. The Hall–Kier alpha value is -2.18. The Morgan fingerprint density at radius 2 is 1.90 bits per heavy atom. The lowest BCUT2D eigenvalue weighted by Gasteiger charge is -2.28. The summed E-state index contributed by atoms with van der Waals surface area (Å²) in [5, 5.41) is 3.35. The van der Waals surface area contributed by atoms with Crippen LogP contribution in [0.2, 0.25) is 0 Å². The highest BCUT2D eigenvalue weighted by atomic mass is 32.2. The first-order valence-electron chi connectivity index (χ1n) is 10.0. The second-order valence-corrected chi connectivity index (χ2v) is 10.6. The van der Waals surface area contributed by atoms with Gasteiger partial charge in [0.1, 0.15) is 4.99 Å². The van der Waals surface area contributed by atoms with Crippen molar-refractivity contribution in [3.05, 3.63) is 70.8 Å². The molecule has 0 bridgehead atoms. The smallest absolute Gasteiger partial charge is 0.182 e. The summed E-state index contributed by atoms with van der Waals surface area (Å²) in [6, 6.07) is 14.9. The Balaban J connectivity index is 1.74. The molecule has 152 valence electrons. The standard InChI is InChI=1S/C23H26N2O2S2/c1-16(2)14-25-11-10-24-23(28)21-12-18-8-9-19(13-20(18)22(21)25)29(26,27)15-17-6-4-3-5-7-17/h3-9,13,16H,10-12,14-15H2,1-2H3,(H,24,28). The van der Waals surface area contributed by atoms with Gasteiger partial charge < -0.3 is 10.2 Å². The van der Waals surface area contributed by atoms with Crippen molar-refractivity contribution in [2.75, 3.05) is 19.6 Å². The molecule has 0 fully saturated rings. The van der Waals surface area contributed by atoms with Gasteiger partial charge in [0.25, 0.3) is 0 Å². The summed E-state index contributed by atoms with van der Waals surface area (Å²) in [5.41, 5.74) is 5.19. The molecule has 0 atom stereocenters. The van der Waals surface area contributed by atoms with Gasteiger partial charge in [-0.15, -0.1) is 0 Å². The third kappa shape index (κ3) is 4.09. The van der Waals surface area contributed by atoms with Gasteiger partial charge >= 0.3 is 0 Å². The van der Waals surface area contributed by atoms with E-state index >= 15 is 0 Å². The van der Waals surface area contributed by atoms with Gasteiger partial charge in [0, 0.05) is 37.2 Å². The van der Waals surface area contributed by atoms with Crippen LogP contribution in [-0.4, -0.2) is 37.9 Å². The van der Waals surface area contributed by atoms with Crippen molar-refractivity contribution in [2.24, 2.45) is 5.92 Å². The molecule has 6 heteroatoms. The minimum Gasteiger partial charge on any atom is -0.374 e. The Labute approximate surface area is 178 Å². The molecule has 0 aromatic heterocycles. The van der Waals surface area contributed by atoms with Gasteiger partial charge in [0.15, 0.2) is 9.84 Å². The zero-order valence-corrected chi connectivity index (χ0v) is 18.4. The lowest BCUT2D eigenvalue weighted by atomic mass is 10.1. The van der Waals surface area contributed by atoms with Crippen LogP contribution in [0.3, 0.4) is 0 Å². The van der Waals surface area contributed by atoms with Crippen LogP contribution in [0, 0.1) is 5.92 Å². The maximum Gasteiger partial charge on any atom is 0.182 e. The molecule has 1 aliphatic heterocycles. The molecule has 0 amide bonds. The first-order chi connectivity index (χ1) is 13.8. The van der Waals surface area contributed by atoms with Gasteiger partial charge in [0.05, 0.1) is 16.3 Å². The van der Waals surface area contributed by atoms with E-state index in [1.165, 1.54) is 0 Å². The monoisotopic (exact) mass is 426 g/mol. The Bertz CT molecular complexity index is 1070. The minimum atomic E-state index is -3.43. The molecule has 1 aliphatic carbocycles. The highest BCUT2D eigenvalue weighted by molar-refractivity contribution is 7.90. The summed E-state index contributed by atoms with van der Waals surface area (Å²) in [7, 11) is -3.43. The zero-order chi connectivity index (χ0) is 20.6. The number of nitrogens with zero attached hydrogens (tertiary/aromatic N) is 1. The minimum absolute atomic E-state index is 0.00814. The van der Waals surface area contributed by atoms with Gasteiger partial charge in [0.2, 0.25) is 0 Å². The topological polar surface area (TPSA) is 49.4 Å². The molecule has 0 unspecified atom stereocenters. The number of rotatable bonds is 5. The highest BCUT2D eigenvalue weighted by Crippen LogP contribution is 2.38. The Kier molecular flexibility index (Phi) is 5.49. The molecular weight excluding hydrogens is 400 g/mol. The van der Waals surface area contributed by atoms with Crippen LogP contribution >= 0.6 is 12.2 Å². The van der Waals surface area contributed by atoms with Crippen molar-refractivity contribution in [1.29, 1.82) is 0 Å². The van der Waals surface area contributed by atoms with Crippen molar-refractivity contribution in [1.82, 2.24) is 10.2 Å². The van der Waals surface area contributed by atoms with Crippen LogP contribution in [0.1, 0.15) is 30.5 Å². The Morgan fingerprint density at radius 1 is 1.14 bits per heavy atom. The molecule has 2 aromatic rings. The second-order valence-electron chi connectivity index (χ2n) is 8.16. The average Bonchev–Trinajstić information content (AvgIpc) is 2.99.